The van der Waals surface area contributed by atoms with Crippen LogP contribution in [0.25, 0.3) is 0 Å². The Kier molecular flexibility index (Phi) is 2.92. The highest BCUT2D eigenvalue weighted by molar-refractivity contribution is 5.21. The number of hydrogen-bond donors (Lipinski definition) is 0. The molecule has 0 saturated carbocycles. The maximum absolute atomic E-state index is 5.74. The quantitative estimate of drug-likeness (QED) is 0.667. The lowest BCUT2D eigenvalue weighted by atomic mass is 9.75. The van der Waals surface area contributed by atoms with E-state index in [4.69, 9.17) is 4.74 Å². The predicted octanol–water partition coefficient (Wildman–Crippen LogP) is 2.84. The van der Waals surface area contributed by atoms with Gasteiger partial charge in [-0.2, -0.15) is 0 Å². The van der Waals surface area contributed by atoms with Crippen LogP contribution in [0.1, 0.15) is 40.0 Å². The molecular weight excluding hydrogens is 198 g/mol. The Morgan fingerprint density at radius 1 is 1.50 bits per heavy atom. The molecule has 0 spiro atoms. The van der Waals surface area contributed by atoms with Gasteiger partial charge in [0.25, 0.3) is 0 Å². The van der Waals surface area contributed by atoms with Crippen molar-refractivity contribution in [1.29, 1.82) is 0 Å². The summed E-state index contributed by atoms with van der Waals surface area (Å²) in [5.41, 5.74) is 1.97. The van der Waals surface area contributed by atoms with E-state index in [1.165, 1.54) is 25.0 Å². The summed E-state index contributed by atoms with van der Waals surface area (Å²) in [5.74, 6) is 0. The fraction of sp³-hybridized carbons (Fsp3) is 0.857. The summed E-state index contributed by atoms with van der Waals surface area (Å²) in [6.07, 6.45) is 3.91. The van der Waals surface area contributed by atoms with Crippen LogP contribution in [0, 0.1) is 5.41 Å². The number of hydrogen-bond acceptors (Lipinski definition) is 2. The van der Waals surface area contributed by atoms with Crippen LogP contribution in [-0.2, 0) is 4.74 Å². The highest BCUT2D eigenvalue weighted by atomic mass is 16.5. The van der Waals surface area contributed by atoms with E-state index in [-0.39, 0.29) is 5.54 Å². The fourth-order valence-electron chi connectivity index (χ4n) is 3.73. The van der Waals surface area contributed by atoms with Gasteiger partial charge in [-0.05, 0) is 24.7 Å². The van der Waals surface area contributed by atoms with Gasteiger partial charge in [0.1, 0.15) is 0 Å². The summed E-state index contributed by atoms with van der Waals surface area (Å²) in [5, 5.41) is 0. The molecule has 0 bridgehead atoms. The van der Waals surface area contributed by atoms with E-state index in [1.54, 1.807) is 0 Å². The van der Waals surface area contributed by atoms with Crippen LogP contribution >= 0.6 is 0 Å². The highest BCUT2D eigenvalue weighted by Gasteiger charge is 2.53. The molecule has 0 amide bonds. The number of methoxy groups -OCH3 is 1. The third kappa shape index (κ3) is 1.93. The first kappa shape index (κ1) is 12.1. The SMILES string of the molecule is C=C1CN2CC[C@H](OC)[C@]2(CC(C)(C)C)C1. The second-order valence-corrected chi connectivity index (χ2v) is 6.70. The number of nitrogens with zero attached hydrogens (tertiary/aromatic N) is 1. The van der Waals surface area contributed by atoms with Gasteiger partial charge in [-0.25, -0.2) is 0 Å². The van der Waals surface area contributed by atoms with Crippen molar-refractivity contribution in [3.8, 4) is 0 Å². The molecule has 2 atom stereocenters. The minimum Gasteiger partial charge on any atom is -0.379 e. The van der Waals surface area contributed by atoms with Crippen molar-refractivity contribution >= 4 is 0 Å². The molecular formula is C14H25NO. The first-order chi connectivity index (χ1) is 7.37. The van der Waals surface area contributed by atoms with Crippen molar-refractivity contribution in [2.45, 2.75) is 51.7 Å². The van der Waals surface area contributed by atoms with Crippen molar-refractivity contribution in [1.82, 2.24) is 4.90 Å². The van der Waals surface area contributed by atoms with E-state index < -0.39 is 0 Å². The topological polar surface area (TPSA) is 12.5 Å². The zero-order valence-corrected chi connectivity index (χ0v) is 11.2. The van der Waals surface area contributed by atoms with Gasteiger partial charge in [0.05, 0.1) is 11.6 Å². The Bertz CT molecular complexity index is 292. The van der Waals surface area contributed by atoms with Gasteiger partial charge >= 0.3 is 0 Å². The molecule has 0 aromatic carbocycles. The molecule has 2 heterocycles. The Hall–Kier alpha value is -0.340. The van der Waals surface area contributed by atoms with Crippen LogP contribution in [0.5, 0.6) is 0 Å². The zero-order chi connectivity index (χ0) is 12.0. The molecule has 2 saturated heterocycles. The lowest BCUT2D eigenvalue weighted by Crippen LogP contribution is -2.49. The molecule has 2 rings (SSSR count). The van der Waals surface area contributed by atoms with Crippen LogP contribution < -0.4 is 0 Å². The molecule has 16 heavy (non-hydrogen) atoms. The van der Waals surface area contributed by atoms with E-state index in [2.05, 4.69) is 32.3 Å². The molecule has 2 nitrogen and oxygen atoms in total. The Morgan fingerprint density at radius 3 is 2.75 bits per heavy atom. The van der Waals surface area contributed by atoms with E-state index >= 15 is 0 Å². The summed E-state index contributed by atoms with van der Waals surface area (Å²) in [6, 6.07) is 0. The average molecular weight is 223 g/mol. The van der Waals surface area contributed by atoms with Gasteiger partial charge in [-0.15, -0.1) is 0 Å². The third-order valence-corrected chi connectivity index (χ3v) is 3.98. The first-order valence-corrected chi connectivity index (χ1v) is 6.32. The van der Waals surface area contributed by atoms with E-state index in [0.717, 1.165) is 13.0 Å². The van der Waals surface area contributed by atoms with Crippen molar-refractivity contribution in [2.24, 2.45) is 5.41 Å². The summed E-state index contributed by atoms with van der Waals surface area (Å²) >= 11 is 0. The molecule has 0 N–H and O–H groups in total. The molecule has 0 aliphatic carbocycles. The molecule has 2 aliphatic rings. The zero-order valence-electron chi connectivity index (χ0n) is 11.2. The van der Waals surface area contributed by atoms with Gasteiger partial charge in [0, 0.05) is 20.2 Å². The predicted molar refractivity (Wildman–Crippen MR) is 67.5 cm³/mol. The highest BCUT2D eigenvalue weighted by Crippen LogP contribution is 2.48. The summed E-state index contributed by atoms with van der Waals surface area (Å²) < 4.78 is 5.74. The van der Waals surface area contributed by atoms with Crippen molar-refractivity contribution in [2.75, 3.05) is 20.2 Å². The van der Waals surface area contributed by atoms with Crippen molar-refractivity contribution in [3.05, 3.63) is 12.2 Å². The molecule has 0 radical (unpaired) electrons. The summed E-state index contributed by atoms with van der Waals surface area (Å²) in [6.45, 7) is 13.4. The molecule has 2 aliphatic heterocycles. The fourth-order valence-corrected chi connectivity index (χ4v) is 3.73. The summed E-state index contributed by atoms with van der Waals surface area (Å²) in [7, 11) is 1.86. The molecule has 92 valence electrons. The first-order valence-electron chi connectivity index (χ1n) is 6.32. The molecule has 2 fully saturated rings. The smallest absolute Gasteiger partial charge is 0.0770 e. The molecule has 0 aromatic heterocycles. The van der Waals surface area contributed by atoms with Gasteiger partial charge in [0.2, 0.25) is 0 Å². The number of ether oxygens (including phenoxy) is 1. The van der Waals surface area contributed by atoms with Crippen LogP contribution in [0.15, 0.2) is 12.2 Å². The van der Waals surface area contributed by atoms with Gasteiger partial charge in [-0.1, -0.05) is 32.9 Å². The van der Waals surface area contributed by atoms with Gasteiger partial charge < -0.3 is 4.74 Å². The van der Waals surface area contributed by atoms with Gasteiger partial charge in [-0.3, -0.25) is 4.90 Å². The second kappa shape index (κ2) is 3.85. The van der Waals surface area contributed by atoms with Crippen LogP contribution in [0.3, 0.4) is 0 Å². The Labute approximate surface area is 99.7 Å². The maximum Gasteiger partial charge on any atom is 0.0770 e. The largest absolute Gasteiger partial charge is 0.379 e. The van der Waals surface area contributed by atoms with Crippen LogP contribution in [-0.4, -0.2) is 36.7 Å². The Balaban J connectivity index is 2.26. The third-order valence-electron chi connectivity index (χ3n) is 3.98. The Morgan fingerprint density at radius 2 is 2.19 bits per heavy atom. The lowest BCUT2D eigenvalue weighted by Gasteiger charge is -2.41. The maximum atomic E-state index is 5.74. The number of rotatable bonds is 2. The minimum absolute atomic E-state index is 0.240. The lowest BCUT2D eigenvalue weighted by molar-refractivity contribution is -0.00638. The van der Waals surface area contributed by atoms with E-state index in [9.17, 15) is 0 Å². The minimum atomic E-state index is 0.240. The average Bonchev–Trinajstić information content (AvgIpc) is 2.54. The normalized spacial score (nSPS) is 35.8. The van der Waals surface area contributed by atoms with Crippen LogP contribution in [0.2, 0.25) is 0 Å². The van der Waals surface area contributed by atoms with Crippen molar-refractivity contribution < 1.29 is 4.74 Å². The van der Waals surface area contributed by atoms with Gasteiger partial charge in [0.15, 0.2) is 0 Å². The molecule has 0 aromatic rings. The monoisotopic (exact) mass is 223 g/mol. The van der Waals surface area contributed by atoms with Crippen LogP contribution in [0.4, 0.5) is 0 Å². The molecule has 0 unspecified atom stereocenters. The standard InChI is InChI=1S/C14H25NO/c1-11-8-14(10-13(2,3)4)12(16-5)6-7-15(14)9-11/h12H,1,6-10H2,2-5H3/t12-,14+/m0/s1. The molecule has 2 heteroatoms. The van der Waals surface area contributed by atoms with E-state index in [0.29, 0.717) is 11.5 Å². The summed E-state index contributed by atoms with van der Waals surface area (Å²) in [4.78, 5) is 2.61. The second-order valence-electron chi connectivity index (χ2n) is 6.70. The number of fused-ring (bicyclic) bond motifs is 1. The van der Waals surface area contributed by atoms with Crippen molar-refractivity contribution in [3.63, 3.8) is 0 Å². The van der Waals surface area contributed by atoms with E-state index in [1.807, 2.05) is 7.11 Å².